The summed E-state index contributed by atoms with van der Waals surface area (Å²) in [5.41, 5.74) is 2.90. The van der Waals surface area contributed by atoms with Gasteiger partial charge >= 0.3 is 0 Å². The van der Waals surface area contributed by atoms with Gasteiger partial charge < -0.3 is 14.6 Å². The van der Waals surface area contributed by atoms with Gasteiger partial charge in [0.05, 0.1) is 11.0 Å². The van der Waals surface area contributed by atoms with Crippen molar-refractivity contribution in [3.63, 3.8) is 0 Å². The molecule has 0 bridgehead atoms. The second-order valence-electron chi connectivity index (χ2n) is 9.04. The Balaban J connectivity index is 1.60. The summed E-state index contributed by atoms with van der Waals surface area (Å²) >= 11 is 6.16. The second kappa shape index (κ2) is 9.63. The van der Waals surface area contributed by atoms with E-state index in [2.05, 4.69) is 16.0 Å². The molecule has 5 nitrogen and oxygen atoms in total. The topological polar surface area (TPSA) is 56.1 Å². The number of rotatable bonds is 5. The molecule has 2 aromatic carbocycles. The monoisotopic (exact) mass is 451 g/mol. The van der Waals surface area contributed by atoms with Gasteiger partial charge in [0.25, 0.3) is 0 Å². The average molecular weight is 452 g/mol. The van der Waals surface area contributed by atoms with Crippen LogP contribution in [0.2, 0.25) is 5.02 Å². The Labute approximate surface area is 194 Å². The van der Waals surface area contributed by atoms with E-state index in [1.807, 2.05) is 42.5 Å². The third-order valence-corrected chi connectivity index (χ3v) is 7.16. The van der Waals surface area contributed by atoms with E-state index in [-0.39, 0.29) is 18.0 Å². The van der Waals surface area contributed by atoms with E-state index in [0.717, 1.165) is 48.1 Å². The third kappa shape index (κ3) is 4.41. The Morgan fingerprint density at radius 2 is 1.72 bits per heavy atom. The number of carbonyl (C=O) groups is 1. The Kier molecular flexibility index (Phi) is 6.47. The summed E-state index contributed by atoms with van der Waals surface area (Å²) in [7, 11) is 0. The maximum atomic E-state index is 13.9. The maximum Gasteiger partial charge on any atom is 0.243 e. The minimum absolute atomic E-state index is 0.113. The summed E-state index contributed by atoms with van der Waals surface area (Å²) in [6.45, 7) is 1.42. The number of ether oxygens (including phenoxy) is 1. The molecule has 1 aromatic heterocycles. The van der Waals surface area contributed by atoms with Crippen molar-refractivity contribution < 1.29 is 9.53 Å². The fourth-order valence-corrected chi connectivity index (χ4v) is 5.38. The van der Waals surface area contributed by atoms with Crippen molar-refractivity contribution in [3.8, 4) is 11.4 Å². The number of fused-ring (bicyclic) bond motifs is 1. The summed E-state index contributed by atoms with van der Waals surface area (Å²) in [5, 5.41) is 4.06. The van der Waals surface area contributed by atoms with Gasteiger partial charge in [0.2, 0.25) is 5.91 Å². The zero-order chi connectivity index (χ0) is 21.9. The Bertz CT molecular complexity index is 1070. The van der Waals surface area contributed by atoms with Gasteiger partial charge in [0, 0.05) is 29.8 Å². The van der Waals surface area contributed by atoms with Gasteiger partial charge in [-0.05, 0) is 68.0 Å². The summed E-state index contributed by atoms with van der Waals surface area (Å²) in [5.74, 6) is 1.25. The van der Waals surface area contributed by atoms with Gasteiger partial charge in [-0.15, -0.1) is 0 Å². The number of hydrogen-bond donors (Lipinski definition) is 1. The molecule has 32 heavy (non-hydrogen) atoms. The number of halogens is 1. The van der Waals surface area contributed by atoms with Crippen LogP contribution in [0.1, 0.15) is 51.0 Å². The molecule has 3 aromatic rings. The van der Waals surface area contributed by atoms with Crippen molar-refractivity contribution in [1.29, 1.82) is 0 Å². The van der Waals surface area contributed by atoms with Crippen LogP contribution < -0.4 is 5.32 Å². The molecule has 1 aliphatic carbocycles. The fraction of sp³-hybridized carbons (Fsp3) is 0.462. The quantitative estimate of drug-likeness (QED) is 0.535. The minimum Gasteiger partial charge on any atom is -0.381 e. The van der Waals surface area contributed by atoms with E-state index < -0.39 is 0 Å². The highest BCUT2D eigenvalue weighted by Gasteiger charge is 2.35. The van der Waals surface area contributed by atoms with Crippen molar-refractivity contribution in [2.75, 3.05) is 13.2 Å². The second-order valence-corrected chi connectivity index (χ2v) is 9.48. The molecule has 2 aliphatic rings. The van der Waals surface area contributed by atoms with Crippen LogP contribution in [0.15, 0.2) is 48.5 Å². The van der Waals surface area contributed by atoms with Crippen LogP contribution in [0.5, 0.6) is 0 Å². The number of aromatic nitrogens is 2. The Morgan fingerprint density at radius 3 is 2.47 bits per heavy atom. The predicted molar refractivity (Wildman–Crippen MR) is 128 cm³/mol. The lowest BCUT2D eigenvalue weighted by Crippen LogP contribution is -2.45. The number of para-hydroxylation sites is 2. The van der Waals surface area contributed by atoms with E-state index in [4.69, 9.17) is 21.3 Å². The number of benzene rings is 2. The van der Waals surface area contributed by atoms with E-state index >= 15 is 0 Å². The van der Waals surface area contributed by atoms with E-state index in [9.17, 15) is 4.79 Å². The smallest absolute Gasteiger partial charge is 0.243 e. The molecule has 1 aliphatic heterocycles. The average Bonchev–Trinajstić information content (AvgIpc) is 3.20. The SMILES string of the molecule is O=C(NC1CCOCC1)C(C1CCCCC1)n1c(-c2ccc(Cl)cc2)nc2ccccc21. The molecule has 1 atom stereocenters. The zero-order valence-corrected chi connectivity index (χ0v) is 19.1. The molecule has 5 rings (SSSR count). The first-order valence-corrected chi connectivity index (χ1v) is 12.2. The van der Waals surface area contributed by atoms with Crippen LogP contribution in [0, 0.1) is 5.92 Å². The lowest BCUT2D eigenvalue weighted by Gasteiger charge is -2.33. The lowest BCUT2D eigenvalue weighted by molar-refractivity contribution is -0.127. The number of nitrogens with zero attached hydrogens (tertiary/aromatic N) is 2. The number of nitrogens with one attached hydrogen (secondary N) is 1. The van der Waals surface area contributed by atoms with E-state index in [1.165, 1.54) is 19.3 Å². The summed E-state index contributed by atoms with van der Waals surface area (Å²) in [6.07, 6.45) is 7.48. The van der Waals surface area contributed by atoms with Gasteiger partial charge in [-0.1, -0.05) is 43.0 Å². The van der Waals surface area contributed by atoms with Crippen LogP contribution in [0.25, 0.3) is 22.4 Å². The summed E-state index contributed by atoms with van der Waals surface area (Å²) in [6, 6.07) is 15.8. The Hall–Kier alpha value is -2.37. The van der Waals surface area contributed by atoms with Crippen molar-refractivity contribution in [2.45, 2.75) is 57.0 Å². The summed E-state index contributed by atoms with van der Waals surface area (Å²) < 4.78 is 7.69. The third-order valence-electron chi connectivity index (χ3n) is 6.91. The minimum atomic E-state index is -0.281. The molecule has 1 unspecified atom stereocenters. The number of imidazole rings is 1. The fourth-order valence-electron chi connectivity index (χ4n) is 5.25. The van der Waals surface area contributed by atoms with Gasteiger partial charge in [0.15, 0.2) is 0 Å². The molecule has 2 heterocycles. The molecular weight excluding hydrogens is 422 g/mol. The van der Waals surface area contributed by atoms with Gasteiger partial charge in [-0.2, -0.15) is 0 Å². The molecule has 1 saturated heterocycles. The van der Waals surface area contributed by atoms with Crippen LogP contribution in [-0.2, 0) is 9.53 Å². The zero-order valence-electron chi connectivity index (χ0n) is 18.3. The standard InChI is InChI=1S/C26H30ClN3O2/c27-20-12-10-19(11-13-20)25-29-22-8-4-5-9-23(22)30(25)24(18-6-2-1-3-7-18)26(31)28-21-14-16-32-17-15-21/h4-5,8-13,18,21,24H,1-3,6-7,14-17H2,(H,28,31). The molecule has 0 radical (unpaired) electrons. The maximum absolute atomic E-state index is 13.9. The first-order valence-electron chi connectivity index (χ1n) is 11.8. The molecule has 168 valence electrons. The molecule has 0 spiro atoms. The normalized spacial score (nSPS) is 19.2. The molecule has 6 heteroatoms. The van der Waals surface area contributed by atoms with Crippen molar-refractivity contribution in [2.24, 2.45) is 5.92 Å². The number of hydrogen-bond acceptors (Lipinski definition) is 3. The van der Waals surface area contributed by atoms with Crippen LogP contribution in [-0.4, -0.2) is 34.7 Å². The van der Waals surface area contributed by atoms with Crippen LogP contribution in [0.4, 0.5) is 0 Å². The molecule has 1 N–H and O–H groups in total. The largest absolute Gasteiger partial charge is 0.381 e. The molecular formula is C26H30ClN3O2. The highest BCUT2D eigenvalue weighted by molar-refractivity contribution is 6.30. The molecule has 1 amide bonds. The first-order chi connectivity index (χ1) is 15.7. The summed E-state index contributed by atoms with van der Waals surface area (Å²) in [4.78, 5) is 18.8. The van der Waals surface area contributed by atoms with Crippen molar-refractivity contribution in [3.05, 3.63) is 53.6 Å². The first kappa shape index (κ1) is 21.5. The van der Waals surface area contributed by atoms with Crippen molar-refractivity contribution in [1.82, 2.24) is 14.9 Å². The van der Waals surface area contributed by atoms with Gasteiger partial charge in [-0.3, -0.25) is 4.79 Å². The number of amides is 1. The van der Waals surface area contributed by atoms with E-state index in [0.29, 0.717) is 24.2 Å². The highest BCUT2D eigenvalue weighted by atomic mass is 35.5. The highest BCUT2D eigenvalue weighted by Crippen LogP contribution is 2.38. The van der Waals surface area contributed by atoms with Gasteiger partial charge in [-0.25, -0.2) is 4.98 Å². The predicted octanol–water partition coefficient (Wildman–Crippen LogP) is 5.77. The van der Waals surface area contributed by atoms with Crippen LogP contribution >= 0.6 is 11.6 Å². The van der Waals surface area contributed by atoms with Crippen molar-refractivity contribution >= 4 is 28.5 Å². The molecule has 1 saturated carbocycles. The molecule has 2 fully saturated rings. The number of carbonyl (C=O) groups excluding carboxylic acids is 1. The Morgan fingerprint density at radius 1 is 1.00 bits per heavy atom. The lowest BCUT2D eigenvalue weighted by atomic mass is 9.83. The van der Waals surface area contributed by atoms with Gasteiger partial charge in [0.1, 0.15) is 11.9 Å². The van der Waals surface area contributed by atoms with Crippen LogP contribution in [0.3, 0.4) is 0 Å². The van der Waals surface area contributed by atoms with E-state index in [1.54, 1.807) is 0 Å².